The zero-order valence-corrected chi connectivity index (χ0v) is 23.2. The van der Waals surface area contributed by atoms with Gasteiger partial charge in [0.1, 0.15) is 0 Å². The Morgan fingerprint density at radius 2 is 0.516 bits per heavy atom. The molecular weight excluding hydrogens is 486 g/mol. The molecular formula is C28H28P2Sr. The molecule has 4 rings (SSSR count). The molecule has 0 fully saturated rings. The first kappa shape index (κ1) is 26.5. The summed E-state index contributed by atoms with van der Waals surface area (Å²) in [6.07, 6.45) is 4.59. The van der Waals surface area contributed by atoms with Crippen LogP contribution in [0.15, 0.2) is 121 Å². The van der Waals surface area contributed by atoms with Crippen molar-refractivity contribution in [1.29, 1.82) is 0 Å². The molecule has 0 aliphatic heterocycles. The molecule has 0 saturated carbocycles. The Balaban J connectivity index is 0.000000213. The third kappa shape index (κ3) is 11.6. The van der Waals surface area contributed by atoms with Crippen LogP contribution in [0, 0.1) is 0 Å². The third-order valence-corrected chi connectivity index (χ3v) is 6.90. The average molecular weight is 514 g/mol. The minimum Gasteiger partial charge on any atom is -0.530 e. The van der Waals surface area contributed by atoms with Crippen LogP contribution in [0.1, 0.15) is 22.3 Å². The van der Waals surface area contributed by atoms with E-state index in [4.69, 9.17) is 0 Å². The first-order chi connectivity index (χ1) is 14.9. The van der Waals surface area contributed by atoms with E-state index in [0.717, 1.165) is 24.6 Å². The molecule has 0 spiro atoms. The van der Waals surface area contributed by atoms with Crippen molar-refractivity contribution in [2.45, 2.75) is 24.6 Å². The second kappa shape index (κ2) is 16.8. The van der Waals surface area contributed by atoms with Crippen LogP contribution in [-0.4, -0.2) is 45.5 Å². The molecule has 0 saturated heterocycles. The number of rotatable bonds is 8. The molecule has 0 aliphatic rings. The number of hydrogen-bond donors (Lipinski definition) is 0. The van der Waals surface area contributed by atoms with Crippen molar-refractivity contribution in [1.82, 2.24) is 0 Å². The molecule has 0 atom stereocenters. The average Bonchev–Trinajstić information content (AvgIpc) is 2.82. The van der Waals surface area contributed by atoms with E-state index < -0.39 is 0 Å². The zero-order chi connectivity index (χ0) is 20.7. The van der Waals surface area contributed by atoms with E-state index in [1.807, 2.05) is 0 Å². The number of hydrogen-bond acceptors (Lipinski definition) is 0. The minimum atomic E-state index is 0. The first-order valence-corrected chi connectivity index (χ1v) is 12.9. The van der Waals surface area contributed by atoms with Gasteiger partial charge in [-0.3, -0.25) is 0 Å². The standard InChI is InChI=1S/2C14H14P.Sr/c2*1-3-7-13(8-4-1)11-15-12-14-9-5-2-6-10-14;/h2*1-10H,11-12H2;/q2*-1;+2. The van der Waals surface area contributed by atoms with Gasteiger partial charge in [0.2, 0.25) is 0 Å². The van der Waals surface area contributed by atoms with Crippen LogP contribution >= 0.6 is 17.2 Å². The Morgan fingerprint density at radius 1 is 0.323 bits per heavy atom. The van der Waals surface area contributed by atoms with Gasteiger partial charge in [0.05, 0.1) is 0 Å². The molecule has 0 heterocycles. The number of benzene rings is 4. The maximum Gasteiger partial charge on any atom is 2.00 e. The Hall–Kier alpha value is -0.779. The van der Waals surface area contributed by atoms with Crippen molar-refractivity contribution in [3.63, 3.8) is 0 Å². The topological polar surface area (TPSA) is 0 Å². The van der Waals surface area contributed by atoms with Gasteiger partial charge >= 0.3 is 45.5 Å². The molecule has 0 amide bonds. The predicted molar refractivity (Wildman–Crippen MR) is 140 cm³/mol. The van der Waals surface area contributed by atoms with Gasteiger partial charge in [-0.15, -0.1) is 0 Å². The molecule has 0 radical (unpaired) electrons. The van der Waals surface area contributed by atoms with E-state index in [9.17, 15) is 0 Å². The largest absolute Gasteiger partial charge is 2.00 e. The predicted octanol–water partition coefficient (Wildman–Crippen LogP) is 8.29. The van der Waals surface area contributed by atoms with E-state index in [2.05, 4.69) is 121 Å². The van der Waals surface area contributed by atoms with Crippen LogP contribution in [0.5, 0.6) is 0 Å². The van der Waals surface area contributed by atoms with Crippen molar-refractivity contribution in [2.24, 2.45) is 0 Å². The Kier molecular flexibility index (Phi) is 14.3. The summed E-state index contributed by atoms with van der Waals surface area (Å²) in [7, 11) is 2.95. The van der Waals surface area contributed by atoms with Gasteiger partial charge in [0.25, 0.3) is 0 Å². The van der Waals surface area contributed by atoms with E-state index in [1.54, 1.807) is 0 Å². The van der Waals surface area contributed by atoms with E-state index in [0.29, 0.717) is 0 Å². The van der Waals surface area contributed by atoms with Gasteiger partial charge in [-0.1, -0.05) is 144 Å². The summed E-state index contributed by atoms with van der Waals surface area (Å²) in [6, 6.07) is 42.6. The summed E-state index contributed by atoms with van der Waals surface area (Å²) in [5.74, 6) is 0. The van der Waals surface area contributed by atoms with Crippen molar-refractivity contribution in [3.05, 3.63) is 144 Å². The summed E-state index contributed by atoms with van der Waals surface area (Å²) in [4.78, 5) is 0. The van der Waals surface area contributed by atoms with Crippen molar-refractivity contribution in [3.8, 4) is 0 Å². The van der Waals surface area contributed by atoms with Crippen LogP contribution in [0.25, 0.3) is 0 Å². The molecule has 0 unspecified atom stereocenters. The molecule has 31 heavy (non-hydrogen) atoms. The van der Waals surface area contributed by atoms with Crippen LogP contribution in [-0.2, 0) is 24.6 Å². The van der Waals surface area contributed by atoms with Gasteiger partial charge in [-0.2, -0.15) is 24.6 Å². The van der Waals surface area contributed by atoms with Gasteiger partial charge in [0, 0.05) is 0 Å². The Labute approximate surface area is 228 Å². The SMILES string of the molecule is [Sr+2].c1ccc(C[P-]Cc2ccccc2)cc1.c1ccc(C[P-]Cc2ccccc2)cc1. The second-order valence-electron chi connectivity index (χ2n) is 7.02. The maximum absolute atomic E-state index is 2.19. The summed E-state index contributed by atoms with van der Waals surface area (Å²) in [6.45, 7) is 0. The molecule has 4 aromatic rings. The molecule has 4 aromatic carbocycles. The smallest absolute Gasteiger partial charge is 0.530 e. The van der Waals surface area contributed by atoms with Crippen LogP contribution < -0.4 is 0 Å². The van der Waals surface area contributed by atoms with Crippen molar-refractivity contribution >= 4 is 62.6 Å². The zero-order valence-electron chi connectivity index (χ0n) is 18.0. The van der Waals surface area contributed by atoms with Crippen LogP contribution in [0.4, 0.5) is 0 Å². The van der Waals surface area contributed by atoms with Crippen LogP contribution in [0.3, 0.4) is 0 Å². The fourth-order valence-corrected chi connectivity index (χ4v) is 5.06. The van der Waals surface area contributed by atoms with Crippen molar-refractivity contribution < 1.29 is 0 Å². The molecule has 0 aromatic heterocycles. The second-order valence-corrected chi connectivity index (χ2v) is 9.18. The molecule has 0 bridgehead atoms. The molecule has 0 aliphatic carbocycles. The van der Waals surface area contributed by atoms with E-state index in [1.165, 1.54) is 39.4 Å². The van der Waals surface area contributed by atoms with Gasteiger partial charge in [-0.05, 0) is 0 Å². The molecule has 0 nitrogen and oxygen atoms in total. The summed E-state index contributed by atoms with van der Waals surface area (Å²) in [5.41, 5.74) is 5.70. The summed E-state index contributed by atoms with van der Waals surface area (Å²) >= 11 is 0. The fourth-order valence-electron chi connectivity index (χ4n) is 2.96. The monoisotopic (exact) mass is 514 g/mol. The molecule has 3 heteroatoms. The van der Waals surface area contributed by atoms with Gasteiger partial charge in [-0.25, -0.2) is 0 Å². The Morgan fingerprint density at radius 3 is 0.710 bits per heavy atom. The minimum absolute atomic E-state index is 0. The van der Waals surface area contributed by atoms with Crippen LogP contribution in [0.2, 0.25) is 0 Å². The summed E-state index contributed by atoms with van der Waals surface area (Å²) < 4.78 is 0. The molecule has 0 N–H and O–H groups in total. The maximum atomic E-state index is 2.19. The van der Waals surface area contributed by atoms with E-state index >= 15 is 0 Å². The normalized spacial score (nSPS) is 9.81. The fraction of sp³-hybridized carbons (Fsp3) is 0.143. The Bertz CT molecular complexity index is 770. The van der Waals surface area contributed by atoms with Gasteiger partial charge < -0.3 is 17.2 Å². The van der Waals surface area contributed by atoms with E-state index in [-0.39, 0.29) is 45.5 Å². The third-order valence-electron chi connectivity index (χ3n) is 4.55. The van der Waals surface area contributed by atoms with Crippen molar-refractivity contribution in [2.75, 3.05) is 0 Å². The first-order valence-electron chi connectivity index (χ1n) is 10.3. The van der Waals surface area contributed by atoms with Gasteiger partial charge in [0.15, 0.2) is 0 Å². The summed E-state index contributed by atoms with van der Waals surface area (Å²) in [5, 5.41) is 0. The molecule has 152 valence electrons. The quantitative estimate of drug-likeness (QED) is 0.164.